The summed E-state index contributed by atoms with van der Waals surface area (Å²) in [5.74, 6) is -0.794. The summed E-state index contributed by atoms with van der Waals surface area (Å²) in [4.78, 5) is 11.8. The molecule has 6 aliphatic rings. The predicted octanol–water partition coefficient (Wildman–Crippen LogP) is -4.45. The number of hydrogen-bond acceptors (Lipinski definition) is 29. The van der Waals surface area contributed by atoms with Crippen molar-refractivity contribution < 1.29 is 143 Å². The maximum atomic E-state index is 11.8. The van der Waals surface area contributed by atoms with Gasteiger partial charge in [0.05, 0.1) is 64.1 Å². The highest BCUT2D eigenvalue weighted by atomic mass is 16.8. The van der Waals surface area contributed by atoms with Crippen LogP contribution in [-0.2, 0) is 66.4 Å². The summed E-state index contributed by atoms with van der Waals surface area (Å²) < 4.78 is 77.0. The number of aliphatic hydroxyl groups is 15. The number of rotatable bonds is 27. The second-order valence-corrected chi connectivity index (χ2v) is 23.5. The second kappa shape index (κ2) is 33.3. The monoisotopic (exact) mass is 1230 g/mol. The first-order chi connectivity index (χ1) is 40.2. The summed E-state index contributed by atoms with van der Waals surface area (Å²) in [7, 11) is 0. The fourth-order valence-corrected chi connectivity index (χ4v) is 11.2. The van der Waals surface area contributed by atoms with Gasteiger partial charge in [0.25, 0.3) is 0 Å². The van der Waals surface area contributed by atoms with Crippen LogP contribution in [0.2, 0.25) is 0 Å². The van der Waals surface area contributed by atoms with E-state index in [0.717, 1.165) is 30.9 Å². The first-order valence-corrected chi connectivity index (χ1v) is 29.4. The van der Waals surface area contributed by atoms with Crippen LogP contribution in [0, 0.1) is 5.92 Å². The van der Waals surface area contributed by atoms with E-state index in [-0.39, 0.29) is 19.1 Å². The first-order valence-electron chi connectivity index (χ1n) is 29.4. The van der Waals surface area contributed by atoms with Crippen molar-refractivity contribution in [3.8, 4) is 0 Å². The van der Waals surface area contributed by atoms with Gasteiger partial charge in [-0.2, -0.15) is 0 Å². The second-order valence-electron chi connectivity index (χ2n) is 23.5. The van der Waals surface area contributed by atoms with Crippen molar-refractivity contribution in [3.63, 3.8) is 0 Å². The van der Waals surface area contributed by atoms with E-state index in [1.54, 1.807) is 0 Å². The number of aliphatic hydroxyl groups excluding tert-OH is 15. The average Bonchev–Trinajstić information content (AvgIpc) is 2.42. The van der Waals surface area contributed by atoms with Crippen LogP contribution in [0.15, 0.2) is 23.3 Å². The molecule has 0 saturated carbocycles. The van der Waals surface area contributed by atoms with E-state index in [9.17, 15) is 81.4 Å². The van der Waals surface area contributed by atoms with Gasteiger partial charge in [0, 0.05) is 6.92 Å². The van der Waals surface area contributed by atoms with Gasteiger partial charge in [0.1, 0.15) is 128 Å². The van der Waals surface area contributed by atoms with Gasteiger partial charge in [-0.05, 0) is 86.0 Å². The minimum Gasteiger partial charge on any atom is -0.457 e. The average molecular weight is 1230 g/mol. The Bertz CT molecular complexity index is 2060. The molecule has 6 aliphatic heterocycles. The van der Waals surface area contributed by atoms with Gasteiger partial charge in [-0.25, -0.2) is 0 Å². The van der Waals surface area contributed by atoms with Gasteiger partial charge in [0.2, 0.25) is 0 Å². The molecule has 15 N–H and O–H groups in total. The summed E-state index contributed by atoms with van der Waals surface area (Å²) in [6.45, 7) is 10.9. The Morgan fingerprint density at radius 2 is 0.871 bits per heavy atom. The predicted molar refractivity (Wildman–Crippen MR) is 288 cm³/mol. The van der Waals surface area contributed by atoms with Crippen LogP contribution < -0.4 is 0 Å². The highest BCUT2D eigenvalue weighted by molar-refractivity contribution is 5.66. The van der Waals surface area contributed by atoms with E-state index in [0.29, 0.717) is 25.7 Å². The summed E-state index contributed by atoms with van der Waals surface area (Å²) in [5.41, 5.74) is 2.18. The van der Waals surface area contributed by atoms with E-state index < -0.39 is 216 Å². The third-order valence-corrected chi connectivity index (χ3v) is 16.6. The first kappa shape index (κ1) is 71.9. The zero-order valence-corrected chi connectivity index (χ0v) is 49.5. The fourth-order valence-electron chi connectivity index (χ4n) is 11.2. The van der Waals surface area contributed by atoms with Gasteiger partial charge >= 0.3 is 5.97 Å². The molecular weight excluding hydrogens is 1140 g/mol. The Morgan fingerprint density at radius 1 is 0.435 bits per heavy atom. The van der Waals surface area contributed by atoms with Crippen molar-refractivity contribution in [1.82, 2.24) is 0 Å². The quantitative estimate of drug-likeness (QED) is 0.0210. The van der Waals surface area contributed by atoms with Crippen LogP contribution >= 0.6 is 0 Å². The maximum Gasteiger partial charge on any atom is 0.303 e. The molecule has 0 aliphatic carbocycles. The standard InChI is InChI=1S/C56H96O29/c1-23(14-10-15-25(3)20-76-56-52(85-53-46(71)44(69)37(62)28(6)79-53)50(41(66)32(19-58)83-56)75-22-34-39(64)43(68)36(61)27(5)78-34)12-9-13-24(2)16-11-17-73-55-51(84-54-47(72)45(70)48(29(7)80-54)81-30(8)59)49(40(65)31(18-57)82-55)74-21-33-38(63)42(67)35(60)26(4)77-33/h12,16,25-29,31-58,60-72H,9-11,13-15,17-22H2,1-8H3/b23-12+,24-16+/t25?,26-,27-,28-,29-,31+,32+,33-,34-,35-,36-,37-,38-,39-,40+,41+,42+,43+,44+,45-,46+,47+,48-,49-,50-,51+,52+,53-,54-,55+,56+/m0/s1. The number of esters is 1. The molecule has 0 bridgehead atoms. The van der Waals surface area contributed by atoms with Crippen LogP contribution in [0.3, 0.4) is 0 Å². The summed E-state index contributed by atoms with van der Waals surface area (Å²) in [6.07, 6.45) is -34.0. The molecule has 6 fully saturated rings. The highest BCUT2D eigenvalue weighted by Gasteiger charge is 2.55. The van der Waals surface area contributed by atoms with E-state index in [2.05, 4.69) is 6.08 Å². The molecule has 494 valence electrons. The van der Waals surface area contributed by atoms with Crippen molar-refractivity contribution in [2.45, 2.75) is 278 Å². The summed E-state index contributed by atoms with van der Waals surface area (Å²) in [6, 6.07) is 0. The molecule has 6 heterocycles. The molecule has 85 heavy (non-hydrogen) atoms. The smallest absolute Gasteiger partial charge is 0.303 e. The zero-order valence-electron chi connectivity index (χ0n) is 49.5. The molecule has 0 aromatic rings. The Balaban J connectivity index is 1.02. The van der Waals surface area contributed by atoms with Gasteiger partial charge in [-0.1, -0.05) is 30.2 Å². The lowest BCUT2D eigenvalue weighted by Gasteiger charge is -2.47. The molecule has 29 heteroatoms. The number of carbonyl (C=O) groups is 1. The SMILES string of the molecule is CC(=O)O[C@@H]1[C@@H](O)[C@@H](O)[C@H](O[C@H]2[C@H](OCC/C=C(\C)CC/C=C(\C)CCCC(C)CO[C@@H]3O[C@H](CO)[C@@H](O)[C@H](OC[C@@H]4O[C@@H](C)[C@H](O)[C@@H](O)[C@H]4O)[C@H]3O[C@@H]3O[C@@H](C)[C@H](O)[C@@H](O)[C@H]3O)O[C@H](CO)[C@@H](O)[C@@H]2OC[C@@H]2O[C@@H](C)[C@H](O)[C@@H](O)[C@H]2O)O[C@H]1C. The Labute approximate surface area is 494 Å². The Kier molecular flexibility index (Phi) is 28.2. The Morgan fingerprint density at radius 3 is 1.36 bits per heavy atom. The molecule has 0 spiro atoms. The zero-order chi connectivity index (χ0) is 62.7. The van der Waals surface area contributed by atoms with Crippen LogP contribution in [0.1, 0.15) is 93.9 Å². The maximum absolute atomic E-state index is 11.8. The van der Waals surface area contributed by atoms with Gasteiger partial charge in [0.15, 0.2) is 31.3 Å². The molecule has 6 saturated heterocycles. The van der Waals surface area contributed by atoms with Crippen LogP contribution in [-0.4, -0.2) is 306 Å². The van der Waals surface area contributed by atoms with Crippen molar-refractivity contribution in [3.05, 3.63) is 23.3 Å². The lowest BCUT2D eigenvalue weighted by atomic mass is 9.95. The van der Waals surface area contributed by atoms with E-state index in [1.165, 1.54) is 27.7 Å². The van der Waals surface area contributed by atoms with E-state index >= 15 is 0 Å². The molecule has 0 amide bonds. The fraction of sp³-hybridized carbons (Fsp3) is 0.911. The highest BCUT2D eigenvalue weighted by Crippen LogP contribution is 2.36. The number of hydrogen-bond donors (Lipinski definition) is 15. The topological polar surface area (TPSA) is 441 Å². The van der Waals surface area contributed by atoms with Crippen molar-refractivity contribution in [2.24, 2.45) is 5.92 Å². The van der Waals surface area contributed by atoms with Gasteiger partial charge in [-0.15, -0.1) is 0 Å². The molecule has 0 radical (unpaired) electrons. The molecular formula is C56H96O29. The largest absolute Gasteiger partial charge is 0.457 e. The minimum absolute atomic E-state index is 0.0249. The number of ether oxygens (including phenoxy) is 13. The molecule has 29 nitrogen and oxygen atoms in total. The lowest BCUT2D eigenvalue weighted by molar-refractivity contribution is -0.370. The van der Waals surface area contributed by atoms with Crippen molar-refractivity contribution in [1.29, 1.82) is 0 Å². The third kappa shape index (κ3) is 18.5. The minimum atomic E-state index is -1.79. The Hall–Kier alpha value is -2.13. The van der Waals surface area contributed by atoms with Gasteiger partial charge < -0.3 is 138 Å². The summed E-state index contributed by atoms with van der Waals surface area (Å²) >= 11 is 0. The molecule has 0 aromatic heterocycles. The number of carbonyl (C=O) groups excluding carboxylic acids is 1. The summed E-state index contributed by atoms with van der Waals surface area (Å²) in [5, 5.41) is 160. The number of allylic oxidation sites excluding steroid dienone is 3. The van der Waals surface area contributed by atoms with Crippen molar-refractivity contribution in [2.75, 3.05) is 39.6 Å². The van der Waals surface area contributed by atoms with Crippen LogP contribution in [0.25, 0.3) is 0 Å². The lowest BCUT2D eigenvalue weighted by Crippen LogP contribution is -2.65. The van der Waals surface area contributed by atoms with Crippen molar-refractivity contribution >= 4 is 5.97 Å². The molecule has 31 atom stereocenters. The van der Waals surface area contributed by atoms with Gasteiger partial charge in [-0.3, -0.25) is 4.79 Å². The van der Waals surface area contributed by atoms with E-state index in [4.69, 9.17) is 61.6 Å². The molecule has 1 unspecified atom stereocenters. The molecule has 0 aromatic carbocycles. The normalized spacial score (nSPS) is 45.4. The van der Waals surface area contributed by atoms with Crippen LogP contribution in [0.5, 0.6) is 0 Å². The third-order valence-electron chi connectivity index (χ3n) is 16.6. The molecule has 6 rings (SSSR count). The van der Waals surface area contributed by atoms with E-state index in [1.807, 2.05) is 26.8 Å². The van der Waals surface area contributed by atoms with Crippen LogP contribution in [0.4, 0.5) is 0 Å².